The highest BCUT2D eigenvalue weighted by Gasteiger charge is 2.17. The SMILES string of the molecule is CN(CCCNC(=S)Nc1ccc(C(=O)N2CCCCC2)cc1)c1ccccc1. The average molecular weight is 411 g/mol. The molecular weight excluding hydrogens is 380 g/mol. The van der Waals surface area contributed by atoms with Crippen molar-refractivity contribution >= 4 is 34.6 Å². The second-order valence-electron chi connectivity index (χ2n) is 7.42. The van der Waals surface area contributed by atoms with Gasteiger partial charge in [0.25, 0.3) is 5.91 Å². The number of piperidine rings is 1. The molecule has 2 N–H and O–H groups in total. The molecule has 1 saturated heterocycles. The largest absolute Gasteiger partial charge is 0.375 e. The zero-order chi connectivity index (χ0) is 20.5. The van der Waals surface area contributed by atoms with Gasteiger partial charge in [-0.05, 0) is 74.3 Å². The predicted molar refractivity (Wildman–Crippen MR) is 125 cm³/mol. The van der Waals surface area contributed by atoms with Gasteiger partial charge in [-0.3, -0.25) is 4.79 Å². The van der Waals surface area contributed by atoms with Crippen LogP contribution in [0.15, 0.2) is 54.6 Å². The van der Waals surface area contributed by atoms with E-state index in [0.717, 1.165) is 56.7 Å². The Morgan fingerprint density at radius 1 is 1.03 bits per heavy atom. The molecule has 0 unspecified atom stereocenters. The van der Waals surface area contributed by atoms with Crippen molar-refractivity contribution in [2.45, 2.75) is 25.7 Å². The van der Waals surface area contributed by atoms with E-state index >= 15 is 0 Å². The van der Waals surface area contributed by atoms with Gasteiger partial charge >= 0.3 is 0 Å². The van der Waals surface area contributed by atoms with Crippen molar-refractivity contribution in [2.24, 2.45) is 0 Å². The summed E-state index contributed by atoms with van der Waals surface area (Å²) in [7, 11) is 2.10. The van der Waals surface area contributed by atoms with Gasteiger partial charge in [0.1, 0.15) is 0 Å². The van der Waals surface area contributed by atoms with Crippen molar-refractivity contribution in [1.29, 1.82) is 0 Å². The Balaban J connectivity index is 1.38. The number of carbonyl (C=O) groups excluding carboxylic acids is 1. The molecular formula is C23H30N4OS. The van der Waals surface area contributed by atoms with Gasteiger partial charge < -0.3 is 20.4 Å². The lowest BCUT2D eigenvalue weighted by molar-refractivity contribution is 0.0724. The molecule has 0 atom stereocenters. The highest BCUT2D eigenvalue weighted by Crippen LogP contribution is 2.15. The summed E-state index contributed by atoms with van der Waals surface area (Å²) in [5.74, 6) is 0.125. The fourth-order valence-corrected chi connectivity index (χ4v) is 3.70. The van der Waals surface area contributed by atoms with Crippen molar-refractivity contribution < 1.29 is 4.79 Å². The maximum atomic E-state index is 12.5. The molecule has 2 aromatic rings. The number of amides is 1. The molecule has 154 valence electrons. The molecule has 0 aliphatic carbocycles. The first kappa shape index (κ1) is 21.1. The third-order valence-electron chi connectivity index (χ3n) is 5.19. The molecule has 0 bridgehead atoms. The molecule has 5 nitrogen and oxygen atoms in total. The zero-order valence-corrected chi connectivity index (χ0v) is 17.9. The van der Waals surface area contributed by atoms with E-state index < -0.39 is 0 Å². The van der Waals surface area contributed by atoms with E-state index in [4.69, 9.17) is 12.2 Å². The normalized spacial score (nSPS) is 13.6. The number of anilines is 2. The zero-order valence-electron chi connectivity index (χ0n) is 17.1. The summed E-state index contributed by atoms with van der Waals surface area (Å²) in [6.45, 7) is 3.49. The van der Waals surface area contributed by atoms with Gasteiger partial charge in [0.05, 0.1) is 0 Å². The van der Waals surface area contributed by atoms with Gasteiger partial charge in [0.2, 0.25) is 0 Å². The van der Waals surface area contributed by atoms with Crippen LogP contribution in [-0.2, 0) is 0 Å². The van der Waals surface area contributed by atoms with Crippen molar-refractivity contribution in [2.75, 3.05) is 43.4 Å². The Bertz CT molecular complexity index is 788. The number of hydrogen-bond donors (Lipinski definition) is 2. The van der Waals surface area contributed by atoms with Crippen molar-refractivity contribution in [3.05, 3.63) is 60.2 Å². The third-order valence-corrected chi connectivity index (χ3v) is 5.43. The van der Waals surface area contributed by atoms with Crippen LogP contribution >= 0.6 is 12.2 Å². The number of rotatable bonds is 7. The number of benzene rings is 2. The minimum atomic E-state index is 0.125. The van der Waals surface area contributed by atoms with Crippen LogP contribution in [-0.4, -0.2) is 49.1 Å². The van der Waals surface area contributed by atoms with Crippen molar-refractivity contribution in [3.63, 3.8) is 0 Å². The molecule has 0 spiro atoms. The predicted octanol–water partition coefficient (Wildman–Crippen LogP) is 4.13. The van der Waals surface area contributed by atoms with Gasteiger partial charge in [-0.1, -0.05) is 18.2 Å². The van der Waals surface area contributed by atoms with E-state index in [1.54, 1.807) is 0 Å². The summed E-state index contributed by atoms with van der Waals surface area (Å²) in [5.41, 5.74) is 2.84. The van der Waals surface area contributed by atoms with Crippen LogP contribution in [0.1, 0.15) is 36.0 Å². The Morgan fingerprint density at radius 2 is 1.72 bits per heavy atom. The Labute approximate surface area is 179 Å². The Hall–Kier alpha value is -2.60. The number of nitrogens with zero attached hydrogens (tertiary/aromatic N) is 2. The molecule has 0 saturated carbocycles. The third kappa shape index (κ3) is 6.46. The van der Waals surface area contributed by atoms with Crippen LogP contribution in [0.2, 0.25) is 0 Å². The molecule has 3 rings (SSSR count). The molecule has 0 aromatic heterocycles. The lowest BCUT2D eigenvalue weighted by atomic mass is 10.1. The molecule has 1 fully saturated rings. The summed E-state index contributed by atoms with van der Waals surface area (Å²) < 4.78 is 0. The average Bonchev–Trinajstić information content (AvgIpc) is 2.78. The van der Waals surface area contributed by atoms with Crippen molar-refractivity contribution in [3.8, 4) is 0 Å². The van der Waals surface area contributed by atoms with Gasteiger partial charge in [0, 0.05) is 50.2 Å². The van der Waals surface area contributed by atoms with E-state index in [0.29, 0.717) is 5.11 Å². The highest BCUT2D eigenvalue weighted by atomic mass is 32.1. The molecule has 1 heterocycles. The number of thiocarbonyl (C=S) groups is 1. The maximum Gasteiger partial charge on any atom is 0.253 e. The standard InChI is InChI=1S/C23H30N4OS/c1-26(21-9-4-2-5-10-21)16-8-15-24-23(29)25-20-13-11-19(12-14-20)22(28)27-17-6-3-7-18-27/h2,4-5,9-14H,3,6-8,15-18H2,1H3,(H2,24,25,29). The molecule has 0 radical (unpaired) electrons. The summed E-state index contributed by atoms with van der Waals surface area (Å²) in [6.07, 6.45) is 4.41. The fraction of sp³-hybridized carbons (Fsp3) is 0.391. The van der Waals surface area contributed by atoms with Gasteiger partial charge in [0.15, 0.2) is 5.11 Å². The maximum absolute atomic E-state index is 12.5. The van der Waals surface area contributed by atoms with E-state index in [1.807, 2.05) is 35.2 Å². The van der Waals surface area contributed by atoms with Crippen LogP contribution < -0.4 is 15.5 Å². The number of nitrogens with one attached hydrogen (secondary N) is 2. The monoisotopic (exact) mass is 410 g/mol. The second-order valence-corrected chi connectivity index (χ2v) is 7.83. The highest BCUT2D eigenvalue weighted by molar-refractivity contribution is 7.80. The molecule has 1 amide bonds. The summed E-state index contributed by atoms with van der Waals surface area (Å²) >= 11 is 5.38. The van der Waals surface area contributed by atoms with Crippen LogP contribution in [0.25, 0.3) is 0 Å². The number of carbonyl (C=O) groups is 1. The second kappa shape index (κ2) is 10.8. The van der Waals surface area contributed by atoms with Crippen LogP contribution in [0.3, 0.4) is 0 Å². The summed E-state index contributed by atoms with van der Waals surface area (Å²) in [4.78, 5) is 16.7. The first-order valence-corrected chi connectivity index (χ1v) is 10.7. The summed E-state index contributed by atoms with van der Waals surface area (Å²) in [5, 5.41) is 7.03. The minimum absolute atomic E-state index is 0.125. The first-order chi connectivity index (χ1) is 14.1. The number of hydrogen-bond acceptors (Lipinski definition) is 3. The van der Waals surface area contributed by atoms with Gasteiger partial charge in [-0.25, -0.2) is 0 Å². The molecule has 1 aliphatic heterocycles. The quantitative estimate of drug-likeness (QED) is 0.531. The fourth-order valence-electron chi connectivity index (χ4n) is 3.48. The van der Waals surface area contributed by atoms with E-state index in [1.165, 1.54) is 12.1 Å². The lowest BCUT2D eigenvalue weighted by Gasteiger charge is -2.26. The number of likely N-dealkylation sites (tertiary alicyclic amines) is 1. The van der Waals surface area contributed by atoms with Crippen LogP contribution in [0.4, 0.5) is 11.4 Å². The Morgan fingerprint density at radius 3 is 2.41 bits per heavy atom. The number of para-hydroxylation sites is 1. The Kier molecular flexibility index (Phi) is 7.87. The lowest BCUT2D eigenvalue weighted by Crippen LogP contribution is -2.35. The summed E-state index contributed by atoms with van der Waals surface area (Å²) in [6, 6.07) is 17.9. The molecule has 2 aromatic carbocycles. The minimum Gasteiger partial charge on any atom is -0.375 e. The van der Waals surface area contributed by atoms with Crippen LogP contribution in [0, 0.1) is 0 Å². The van der Waals surface area contributed by atoms with E-state index in [-0.39, 0.29) is 5.91 Å². The van der Waals surface area contributed by atoms with E-state index in [9.17, 15) is 4.79 Å². The van der Waals surface area contributed by atoms with E-state index in [2.05, 4.69) is 46.8 Å². The van der Waals surface area contributed by atoms with Crippen LogP contribution in [0.5, 0.6) is 0 Å². The smallest absolute Gasteiger partial charge is 0.253 e. The topological polar surface area (TPSA) is 47.6 Å². The van der Waals surface area contributed by atoms with Gasteiger partial charge in [-0.15, -0.1) is 0 Å². The first-order valence-electron chi connectivity index (χ1n) is 10.3. The molecule has 29 heavy (non-hydrogen) atoms. The van der Waals surface area contributed by atoms with Gasteiger partial charge in [-0.2, -0.15) is 0 Å². The molecule has 1 aliphatic rings. The molecule has 6 heteroatoms. The van der Waals surface area contributed by atoms with Crippen molar-refractivity contribution in [1.82, 2.24) is 10.2 Å².